The topological polar surface area (TPSA) is 71.1 Å². The number of ether oxygens (including phenoxy) is 1. The molecule has 6 heteroatoms. The molecule has 3 rings (SSSR count). The van der Waals surface area contributed by atoms with E-state index in [0.29, 0.717) is 18.6 Å². The number of carbonyl (C=O) groups is 1. The standard InChI is InChI=1S/C16H20N4O2/c1-11(21)20(2)13-7-12(8-13)10-22-14-3-4-15(17-9-14)16-5-6-18-19-16/h3-6,9,12-13H,7-8,10H2,1-2H3,(H,18,19). The second-order valence-electron chi connectivity index (χ2n) is 5.78. The van der Waals surface area contributed by atoms with Gasteiger partial charge in [0.1, 0.15) is 5.75 Å². The Labute approximate surface area is 129 Å². The highest BCUT2D eigenvalue weighted by Gasteiger charge is 2.33. The van der Waals surface area contributed by atoms with Crippen molar-refractivity contribution in [2.45, 2.75) is 25.8 Å². The van der Waals surface area contributed by atoms with E-state index in [2.05, 4.69) is 15.2 Å². The van der Waals surface area contributed by atoms with Gasteiger partial charge in [-0.25, -0.2) is 0 Å². The van der Waals surface area contributed by atoms with Gasteiger partial charge < -0.3 is 9.64 Å². The number of rotatable bonds is 5. The number of aromatic nitrogens is 3. The minimum Gasteiger partial charge on any atom is -0.492 e. The zero-order valence-electron chi connectivity index (χ0n) is 12.8. The van der Waals surface area contributed by atoms with Crippen molar-refractivity contribution in [3.05, 3.63) is 30.6 Å². The van der Waals surface area contributed by atoms with E-state index in [-0.39, 0.29) is 5.91 Å². The Hall–Kier alpha value is -2.37. The Morgan fingerprint density at radius 3 is 2.82 bits per heavy atom. The molecule has 1 amide bonds. The summed E-state index contributed by atoms with van der Waals surface area (Å²) in [5.41, 5.74) is 1.73. The maximum absolute atomic E-state index is 11.3. The smallest absolute Gasteiger partial charge is 0.219 e. The third-order valence-corrected chi connectivity index (χ3v) is 4.25. The Bertz CT molecular complexity index is 618. The molecule has 22 heavy (non-hydrogen) atoms. The van der Waals surface area contributed by atoms with Crippen molar-refractivity contribution < 1.29 is 9.53 Å². The number of amides is 1. The van der Waals surface area contributed by atoms with Gasteiger partial charge in [-0.3, -0.25) is 14.9 Å². The zero-order chi connectivity index (χ0) is 15.5. The van der Waals surface area contributed by atoms with E-state index in [0.717, 1.165) is 30.0 Å². The van der Waals surface area contributed by atoms with Crippen LogP contribution < -0.4 is 4.74 Å². The van der Waals surface area contributed by atoms with Gasteiger partial charge in [0.2, 0.25) is 5.91 Å². The number of nitrogens with zero attached hydrogens (tertiary/aromatic N) is 3. The number of H-pyrrole nitrogens is 1. The minimum absolute atomic E-state index is 0.128. The van der Waals surface area contributed by atoms with Crippen molar-refractivity contribution in [1.82, 2.24) is 20.1 Å². The predicted octanol–water partition coefficient (Wildman–Crippen LogP) is 2.11. The molecule has 0 saturated heterocycles. The average Bonchev–Trinajstić information content (AvgIpc) is 3.00. The maximum Gasteiger partial charge on any atom is 0.219 e. The van der Waals surface area contributed by atoms with Crippen molar-refractivity contribution in [2.24, 2.45) is 5.92 Å². The van der Waals surface area contributed by atoms with Crippen LogP contribution in [0.4, 0.5) is 0 Å². The van der Waals surface area contributed by atoms with E-state index < -0.39 is 0 Å². The molecule has 1 aliphatic rings. The molecule has 116 valence electrons. The Morgan fingerprint density at radius 2 is 2.23 bits per heavy atom. The molecule has 2 aromatic rings. The highest BCUT2D eigenvalue weighted by atomic mass is 16.5. The summed E-state index contributed by atoms with van der Waals surface area (Å²) in [6, 6.07) is 6.08. The third kappa shape index (κ3) is 3.10. The Balaban J connectivity index is 1.46. The average molecular weight is 300 g/mol. The molecule has 1 aliphatic carbocycles. The number of hydrogen-bond donors (Lipinski definition) is 1. The van der Waals surface area contributed by atoms with Crippen LogP contribution in [0.1, 0.15) is 19.8 Å². The molecular formula is C16H20N4O2. The van der Waals surface area contributed by atoms with Gasteiger partial charge in [-0.15, -0.1) is 0 Å². The van der Waals surface area contributed by atoms with Gasteiger partial charge in [0.25, 0.3) is 0 Å². The Kier molecular flexibility index (Phi) is 4.09. The van der Waals surface area contributed by atoms with Crippen LogP contribution in [0.25, 0.3) is 11.4 Å². The molecule has 6 nitrogen and oxygen atoms in total. The van der Waals surface area contributed by atoms with E-state index in [1.54, 1.807) is 19.3 Å². The predicted molar refractivity (Wildman–Crippen MR) is 82.3 cm³/mol. The fourth-order valence-electron chi connectivity index (χ4n) is 2.65. The molecule has 0 bridgehead atoms. The van der Waals surface area contributed by atoms with Crippen LogP contribution in [0.5, 0.6) is 5.75 Å². The van der Waals surface area contributed by atoms with Gasteiger partial charge >= 0.3 is 0 Å². The highest BCUT2D eigenvalue weighted by Crippen LogP contribution is 2.31. The lowest BCUT2D eigenvalue weighted by molar-refractivity contribution is -0.132. The van der Waals surface area contributed by atoms with Crippen molar-refractivity contribution in [2.75, 3.05) is 13.7 Å². The molecule has 0 aliphatic heterocycles. The molecule has 1 saturated carbocycles. The van der Waals surface area contributed by atoms with Gasteiger partial charge in [-0.2, -0.15) is 5.10 Å². The van der Waals surface area contributed by atoms with E-state index in [1.165, 1.54) is 0 Å². The fraction of sp³-hybridized carbons (Fsp3) is 0.438. The SMILES string of the molecule is CC(=O)N(C)C1CC(COc2ccc(-c3ccn[nH]3)nc2)C1. The highest BCUT2D eigenvalue weighted by molar-refractivity contribution is 5.73. The first kappa shape index (κ1) is 14.6. The van der Waals surface area contributed by atoms with Crippen molar-refractivity contribution in [1.29, 1.82) is 0 Å². The molecule has 0 spiro atoms. The second-order valence-corrected chi connectivity index (χ2v) is 5.78. The van der Waals surface area contributed by atoms with E-state index in [1.807, 2.05) is 30.1 Å². The number of nitrogens with one attached hydrogen (secondary N) is 1. The first-order valence-electron chi connectivity index (χ1n) is 7.45. The van der Waals surface area contributed by atoms with Gasteiger partial charge in [-0.05, 0) is 37.0 Å². The van der Waals surface area contributed by atoms with Gasteiger partial charge in [0.05, 0.1) is 24.2 Å². The zero-order valence-corrected chi connectivity index (χ0v) is 12.8. The van der Waals surface area contributed by atoms with E-state index in [9.17, 15) is 4.79 Å². The molecular weight excluding hydrogens is 280 g/mol. The normalized spacial score (nSPS) is 20.3. The molecule has 1 N–H and O–H groups in total. The monoisotopic (exact) mass is 300 g/mol. The maximum atomic E-state index is 11.3. The molecule has 1 fully saturated rings. The molecule has 0 radical (unpaired) electrons. The van der Waals surface area contributed by atoms with Crippen LogP contribution in [-0.4, -0.2) is 45.7 Å². The minimum atomic E-state index is 0.128. The van der Waals surface area contributed by atoms with Crippen molar-refractivity contribution in [3.63, 3.8) is 0 Å². The molecule has 2 heterocycles. The molecule has 0 aromatic carbocycles. The van der Waals surface area contributed by atoms with Gasteiger partial charge in [0, 0.05) is 26.2 Å². The first-order valence-corrected chi connectivity index (χ1v) is 7.45. The summed E-state index contributed by atoms with van der Waals surface area (Å²) in [5.74, 6) is 1.41. The van der Waals surface area contributed by atoms with Crippen LogP contribution in [-0.2, 0) is 4.79 Å². The number of aromatic amines is 1. The summed E-state index contributed by atoms with van der Waals surface area (Å²) in [6.07, 6.45) is 5.45. The van der Waals surface area contributed by atoms with Crippen LogP contribution in [0, 0.1) is 5.92 Å². The summed E-state index contributed by atoms with van der Waals surface area (Å²) in [7, 11) is 1.86. The lowest BCUT2D eigenvalue weighted by atomic mass is 9.80. The second kappa shape index (κ2) is 6.17. The van der Waals surface area contributed by atoms with Crippen LogP contribution >= 0.6 is 0 Å². The lowest BCUT2D eigenvalue weighted by Crippen LogP contribution is -2.46. The quantitative estimate of drug-likeness (QED) is 0.918. The first-order chi connectivity index (χ1) is 10.6. The Morgan fingerprint density at radius 1 is 1.41 bits per heavy atom. The van der Waals surface area contributed by atoms with Crippen LogP contribution in [0.2, 0.25) is 0 Å². The van der Waals surface area contributed by atoms with Crippen molar-refractivity contribution in [3.8, 4) is 17.1 Å². The molecule has 2 aromatic heterocycles. The number of carbonyl (C=O) groups excluding carboxylic acids is 1. The molecule has 0 unspecified atom stereocenters. The summed E-state index contributed by atoms with van der Waals surface area (Å²) in [6.45, 7) is 2.28. The van der Waals surface area contributed by atoms with Gasteiger partial charge in [-0.1, -0.05) is 0 Å². The largest absolute Gasteiger partial charge is 0.492 e. The van der Waals surface area contributed by atoms with E-state index >= 15 is 0 Å². The third-order valence-electron chi connectivity index (χ3n) is 4.25. The summed E-state index contributed by atoms with van der Waals surface area (Å²) in [4.78, 5) is 17.4. The number of hydrogen-bond acceptors (Lipinski definition) is 4. The molecule has 0 atom stereocenters. The summed E-state index contributed by atoms with van der Waals surface area (Å²) >= 11 is 0. The van der Waals surface area contributed by atoms with Crippen LogP contribution in [0.3, 0.4) is 0 Å². The summed E-state index contributed by atoms with van der Waals surface area (Å²) in [5, 5.41) is 6.79. The number of pyridine rings is 1. The van der Waals surface area contributed by atoms with E-state index in [4.69, 9.17) is 4.74 Å². The van der Waals surface area contributed by atoms with Crippen LogP contribution in [0.15, 0.2) is 30.6 Å². The van der Waals surface area contributed by atoms with Crippen molar-refractivity contribution >= 4 is 5.91 Å². The fourth-order valence-corrected chi connectivity index (χ4v) is 2.65. The lowest BCUT2D eigenvalue weighted by Gasteiger charge is -2.40. The summed E-state index contributed by atoms with van der Waals surface area (Å²) < 4.78 is 5.78. The van der Waals surface area contributed by atoms with Gasteiger partial charge in [0.15, 0.2) is 0 Å².